The predicted molar refractivity (Wildman–Crippen MR) is 85.0 cm³/mol. The number of nitrogens with one attached hydrogen (secondary N) is 1. The van der Waals surface area contributed by atoms with E-state index in [1.165, 1.54) is 0 Å². The molecule has 0 aliphatic carbocycles. The highest BCUT2D eigenvalue weighted by Crippen LogP contribution is 2.29. The average Bonchev–Trinajstić information content (AvgIpc) is 2.42. The van der Waals surface area contributed by atoms with E-state index in [4.69, 9.17) is 5.26 Å². The number of hydrogen-bond donors (Lipinski definition) is 1. The van der Waals surface area contributed by atoms with E-state index in [2.05, 4.69) is 50.2 Å². The number of hydrogen-bond acceptors (Lipinski definition) is 2. The molecule has 2 nitrogen and oxygen atoms in total. The van der Waals surface area contributed by atoms with E-state index in [0.717, 1.165) is 20.2 Å². The minimum Gasteiger partial charge on any atom is -0.378 e. The lowest BCUT2D eigenvalue weighted by molar-refractivity contribution is 0.883. The van der Waals surface area contributed by atoms with Crippen molar-refractivity contribution >= 4 is 37.5 Å². The smallest absolute Gasteiger partial charge is 0.0991 e. The lowest BCUT2D eigenvalue weighted by Gasteiger charge is -2.17. The van der Waals surface area contributed by atoms with Crippen molar-refractivity contribution in [3.05, 3.63) is 62.5 Å². The van der Waals surface area contributed by atoms with E-state index >= 15 is 0 Å². The number of rotatable bonds is 3. The molecule has 96 valence electrons. The fraction of sp³-hybridized carbons (Fsp3) is 0.133. The summed E-state index contributed by atoms with van der Waals surface area (Å²) in [6.07, 6.45) is 0. The second-order valence-electron chi connectivity index (χ2n) is 4.22. The van der Waals surface area contributed by atoms with Crippen molar-refractivity contribution in [3.63, 3.8) is 0 Å². The molecule has 0 bridgehead atoms. The first-order valence-corrected chi connectivity index (χ1v) is 7.40. The minimum absolute atomic E-state index is 0.171. The first kappa shape index (κ1) is 14.1. The molecule has 0 heterocycles. The van der Waals surface area contributed by atoms with Crippen molar-refractivity contribution in [1.82, 2.24) is 0 Å². The summed E-state index contributed by atoms with van der Waals surface area (Å²) in [7, 11) is 0. The van der Waals surface area contributed by atoms with E-state index in [1.807, 2.05) is 42.5 Å². The SMILES string of the molecule is CC(Nc1ccc(Br)cc1Br)c1ccc(C#N)cc1. The van der Waals surface area contributed by atoms with Crippen molar-refractivity contribution < 1.29 is 0 Å². The van der Waals surface area contributed by atoms with Crippen LogP contribution in [0, 0.1) is 11.3 Å². The number of benzene rings is 2. The molecule has 0 aliphatic rings. The van der Waals surface area contributed by atoms with Gasteiger partial charge in [-0.25, -0.2) is 0 Å². The Balaban J connectivity index is 2.16. The zero-order valence-corrected chi connectivity index (χ0v) is 13.5. The summed E-state index contributed by atoms with van der Waals surface area (Å²) in [5, 5.41) is 12.2. The van der Waals surface area contributed by atoms with Gasteiger partial charge < -0.3 is 5.32 Å². The molecule has 2 rings (SSSR count). The lowest BCUT2D eigenvalue weighted by atomic mass is 10.1. The van der Waals surface area contributed by atoms with Gasteiger partial charge in [0.2, 0.25) is 0 Å². The Hall–Kier alpha value is -1.31. The van der Waals surface area contributed by atoms with Crippen LogP contribution in [0.15, 0.2) is 51.4 Å². The minimum atomic E-state index is 0.171. The summed E-state index contributed by atoms with van der Waals surface area (Å²) in [6.45, 7) is 2.09. The fourth-order valence-corrected chi connectivity index (χ4v) is 2.93. The Morgan fingerprint density at radius 2 is 1.79 bits per heavy atom. The largest absolute Gasteiger partial charge is 0.378 e. The predicted octanol–water partition coefficient (Wildman–Crippen LogP) is 5.26. The maximum atomic E-state index is 8.79. The van der Waals surface area contributed by atoms with Gasteiger partial charge in [0.1, 0.15) is 0 Å². The van der Waals surface area contributed by atoms with Crippen molar-refractivity contribution in [1.29, 1.82) is 5.26 Å². The van der Waals surface area contributed by atoms with Crippen LogP contribution >= 0.6 is 31.9 Å². The van der Waals surface area contributed by atoms with Crippen LogP contribution in [0.5, 0.6) is 0 Å². The summed E-state index contributed by atoms with van der Waals surface area (Å²) in [4.78, 5) is 0. The third kappa shape index (κ3) is 3.59. The Kier molecular flexibility index (Phi) is 4.62. The van der Waals surface area contributed by atoms with Crippen molar-refractivity contribution in [2.45, 2.75) is 13.0 Å². The van der Waals surface area contributed by atoms with Crippen LogP contribution in [-0.4, -0.2) is 0 Å². The number of nitrogens with zero attached hydrogens (tertiary/aromatic N) is 1. The maximum Gasteiger partial charge on any atom is 0.0991 e. The topological polar surface area (TPSA) is 35.8 Å². The summed E-state index contributed by atoms with van der Waals surface area (Å²) in [5.74, 6) is 0. The molecular weight excluding hydrogens is 368 g/mol. The molecule has 2 aromatic carbocycles. The average molecular weight is 380 g/mol. The van der Waals surface area contributed by atoms with Crippen LogP contribution in [0.4, 0.5) is 5.69 Å². The molecule has 0 spiro atoms. The van der Waals surface area contributed by atoms with Crippen molar-refractivity contribution in [2.24, 2.45) is 0 Å². The Labute approximate surface area is 129 Å². The molecule has 0 amide bonds. The highest BCUT2D eigenvalue weighted by molar-refractivity contribution is 9.11. The summed E-state index contributed by atoms with van der Waals surface area (Å²) in [5.41, 5.74) is 2.87. The lowest BCUT2D eigenvalue weighted by Crippen LogP contribution is -2.06. The Morgan fingerprint density at radius 3 is 2.37 bits per heavy atom. The molecule has 1 N–H and O–H groups in total. The van der Waals surface area contributed by atoms with Crippen LogP contribution in [0.25, 0.3) is 0 Å². The molecule has 0 fully saturated rings. The van der Waals surface area contributed by atoms with Gasteiger partial charge in [-0.1, -0.05) is 28.1 Å². The van der Waals surface area contributed by atoms with E-state index in [-0.39, 0.29) is 6.04 Å². The third-order valence-electron chi connectivity index (χ3n) is 2.84. The Morgan fingerprint density at radius 1 is 1.11 bits per heavy atom. The van der Waals surface area contributed by atoms with Gasteiger partial charge in [-0.3, -0.25) is 0 Å². The molecular formula is C15H12Br2N2. The molecule has 0 saturated carbocycles. The summed E-state index contributed by atoms with van der Waals surface area (Å²) in [6, 6.07) is 16.0. The molecule has 4 heteroatoms. The van der Waals surface area contributed by atoms with Gasteiger partial charge in [0.15, 0.2) is 0 Å². The van der Waals surface area contributed by atoms with Gasteiger partial charge in [-0.2, -0.15) is 5.26 Å². The van der Waals surface area contributed by atoms with E-state index in [0.29, 0.717) is 5.56 Å². The van der Waals surface area contributed by atoms with E-state index < -0.39 is 0 Å². The monoisotopic (exact) mass is 378 g/mol. The van der Waals surface area contributed by atoms with Crippen LogP contribution in [0.1, 0.15) is 24.1 Å². The zero-order valence-electron chi connectivity index (χ0n) is 10.3. The molecule has 0 radical (unpaired) electrons. The second kappa shape index (κ2) is 6.23. The number of anilines is 1. The zero-order chi connectivity index (χ0) is 13.8. The van der Waals surface area contributed by atoms with Gasteiger partial charge in [-0.05, 0) is 58.7 Å². The van der Waals surface area contributed by atoms with Gasteiger partial charge in [0, 0.05) is 20.7 Å². The molecule has 2 aromatic rings. The van der Waals surface area contributed by atoms with E-state index in [1.54, 1.807) is 0 Å². The molecule has 1 unspecified atom stereocenters. The number of nitriles is 1. The Bertz CT molecular complexity index is 615. The van der Waals surface area contributed by atoms with Crippen molar-refractivity contribution in [2.75, 3.05) is 5.32 Å². The molecule has 0 saturated heterocycles. The van der Waals surface area contributed by atoms with Crippen molar-refractivity contribution in [3.8, 4) is 6.07 Å². The highest BCUT2D eigenvalue weighted by Gasteiger charge is 2.07. The summed E-state index contributed by atoms with van der Waals surface area (Å²) >= 11 is 6.97. The molecule has 19 heavy (non-hydrogen) atoms. The first-order chi connectivity index (χ1) is 9.10. The summed E-state index contributed by atoms with van der Waals surface area (Å²) < 4.78 is 2.05. The normalized spacial score (nSPS) is 11.7. The highest BCUT2D eigenvalue weighted by atomic mass is 79.9. The van der Waals surface area contributed by atoms with Crippen LogP contribution in [0.3, 0.4) is 0 Å². The van der Waals surface area contributed by atoms with E-state index in [9.17, 15) is 0 Å². The second-order valence-corrected chi connectivity index (χ2v) is 5.99. The first-order valence-electron chi connectivity index (χ1n) is 5.82. The molecule has 1 atom stereocenters. The van der Waals surface area contributed by atoms with Gasteiger partial charge in [0.05, 0.1) is 11.6 Å². The maximum absolute atomic E-state index is 8.79. The standard InChI is InChI=1S/C15H12Br2N2/c1-10(12-4-2-11(9-18)3-5-12)19-15-7-6-13(16)8-14(15)17/h2-8,10,19H,1H3. The van der Waals surface area contributed by atoms with Gasteiger partial charge >= 0.3 is 0 Å². The van der Waals surface area contributed by atoms with Gasteiger partial charge in [-0.15, -0.1) is 0 Å². The molecule has 0 aliphatic heterocycles. The van der Waals surface area contributed by atoms with Gasteiger partial charge in [0.25, 0.3) is 0 Å². The van der Waals surface area contributed by atoms with Crippen LogP contribution in [0.2, 0.25) is 0 Å². The fourth-order valence-electron chi connectivity index (χ4n) is 1.77. The molecule has 0 aromatic heterocycles. The van der Waals surface area contributed by atoms with Crippen LogP contribution < -0.4 is 5.32 Å². The third-order valence-corrected chi connectivity index (χ3v) is 3.99. The van der Waals surface area contributed by atoms with Crippen LogP contribution in [-0.2, 0) is 0 Å². The number of halogens is 2. The quantitative estimate of drug-likeness (QED) is 0.789.